The van der Waals surface area contributed by atoms with Crippen molar-refractivity contribution in [1.82, 2.24) is 4.90 Å². The van der Waals surface area contributed by atoms with Crippen LogP contribution in [0.1, 0.15) is 12.0 Å². The normalized spacial score (nSPS) is 18.0. The third-order valence-electron chi connectivity index (χ3n) is 4.60. The minimum Gasteiger partial charge on any atom is -0.491 e. The fourth-order valence-corrected chi connectivity index (χ4v) is 3.53. The number of hydrogen-bond donors (Lipinski definition) is 1. The first kappa shape index (κ1) is 20.9. The van der Waals surface area contributed by atoms with Gasteiger partial charge in [-0.3, -0.25) is 4.90 Å². The molecule has 0 spiro atoms. The van der Waals surface area contributed by atoms with Crippen molar-refractivity contribution in [2.24, 2.45) is 0 Å². The first-order valence-electron chi connectivity index (χ1n) is 9.21. The van der Waals surface area contributed by atoms with E-state index in [0.717, 1.165) is 31.4 Å². The summed E-state index contributed by atoms with van der Waals surface area (Å²) < 4.78 is 11.7. The number of para-hydroxylation sites is 1. The van der Waals surface area contributed by atoms with Crippen LogP contribution >= 0.6 is 23.2 Å². The zero-order valence-corrected chi connectivity index (χ0v) is 16.9. The molecule has 0 aromatic heterocycles. The molecule has 0 radical (unpaired) electrons. The minimum atomic E-state index is -0.631. The molecule has 0 saturated carbocycles. The predicted molar refractivity (Wildman–Crippen MR) is 110 cm³/mol. The highest BCUT2D eigenvalue weighted by molar-refractivity contribution is 6.42. The van der Waals surface area contributed by atoms with Crippen LogP contribution in [0.5, 0.6) is 11.5 Å². The Morgan fingerprint density at radius 1 is 1.21 bits per heavy atom. The number of hydrogen-bond acceptors (Lipinski definition) is 5. The lowest BCUT2D eigenvalue weighted by Gasteiger charge is -2.21. The van der Waals surface area contributed by atoms with Crippen molar-refractivity contribution in [2.75, 3.05) is 26.2 Å². The highest BCUT2D eigenvalue weighted by Crippen LogP contribution is 2.28. The largest absolute Gasteiger partial charge is 0.491 e. The molecule has 1 aliphatic heterocycles. The lowest BCUT2D eigenvalue weighted by Crippen LogP contribution is -2.35. The first-order valence-corrected chi connectivity index (χ1v) is 9.97. The van der Waals surface area contributed by atoms with Crippen molar-refractivity contribution in [3.05, 3.63) is 58.1 Å². The van der Waals surface area contributed by atoms with Crippen LogP contribution in [-0.2, 0) is 11.2 Å². The molecular formula is C21H23Cl2NO4. The smallest absolute Gasteiger partial charge is 0.124 e. The van der Waals surface area contributed by atoms with Gasteiger partial charge in [0.25, 0.3) is 0 Å². The van der Waals surface area contributed by atoms with Crippen LogP contribution < -0.4 is 9.47 Å². The van der Waals surface area contributed by atoms with Gasteiger partial charge in [0.2, 0.25) is 0 Å². The lowest BCUT2D eigenvalue weighted by atomic mass is 10.1. The maximum absolute atomic E-state index is 10.8. The second-order valence-corrected chi connectivity index (χ2v) is 7.62. The molecule has 1 saturated heterocycles. The second kappa shape index (κ2) is 10.1. The number of aliphatic hydroxyl groups excluding tert-OH is 1. The predicted octanol–water partition coefficient (Wildman–Crippen LogP) is 3.63. The average molecular weight is 424 g/mol. The van der Waals surface area contributed by atoms with E-state index in [1.165, 1.54) is 0 Å². The van der Waals surface area contributed by atoms with E-state index >= 15 is 0 Å². The molecule has 1 N–H and O–H groups in total. The van der Waals surface area contributed by atoms with Crippen molar-refractivity contribution in [3.8, 4) is 11.5 Å². The molecule has 1 fully saturated rings. The molecule has 3 rings (SSSR count). The van der Waals surface area contributed by atoms with Crippen LogP contribution in [0.2, 0.25) is 10.0 Å². The summed E-state index contributed by atoms with van der Waals surface area (Å²) in [5, 5.41) is 11.3. The van der Waals surface area contributed by atoms with Crippen molar-refractivity contribution in [2.45, 2.75) is 25.0 Å². The Bertz CT molecular complexity index is 802. The summed E-state index contributed by atoms with van der Waals surface area (Å²) in [7, 11) is 0. The average Bonchev–Trinajstić information content (AvgIpc) is 3.11. The topological polar surface area (TPSA) is 59.0 Å². The number of carbonyl (C=O) groups is 1. The molecule has 28 heavy (non-hydrogen) atoms. The van der Waals surface area contributed by atoms with Gasteiger partial charge in [0.05, 0.1) is 10.0 Å². The van der Waals surface area contributed by atoms with Gasteiger partial charge >= 0.3 is 0 Å². The number of rotatable bonds is 9. The molecular weight excluding hydrogens is 401 g/mol. The van der Waals surface area contributed by atoms with Gasteiger partial charge in [0, 0.05) is 37.7 Å². The van der Waals surface area contributed by atoms with E-state index in [0.29, 0.717) is 34.5 Å². The van der Waals surface area contributed by atoms with Gasteiger partial charge in [-0.25, -0.2) is 0 Å². The van der Waals surface area contributed by atoms with Gasteiger partial charge in [0.15, 0.2) is 0 Å². The number of nitrogens with zero attached hydrogens (tertiary/aromatic N) is 1. The molecule has 2 atom stereocenters. The van der Waals surface area contributed by atoms with Gasteiger partial charge in [-0.15, -0.1) is 0 Å². The number of aliphatic hydroxyl groups is 1. The van der Waals surface area contributed by atoms with Crippen LogP contribution in [0.25, 0.3) is 0 Å². The molecule has 0 bridgehead atoms. The van der Waals surface area contributed by atoms with Gasteiger partial charge in [-0.2, -0.15) is 0 Å². The summed E-state index contributed by atoms with van der Waals surface area (Å²) in [6.45, 7) is 2.23. The molecule has 150 valence electrons. The van der Waals surface area contributed by atoms with Gasteiger partial charge in [0.1, 0.15) is 36.6 Å². The maximum atomic E-state index is 10.8. The number of ether oxygens (including phenoxy) is 2. The molecule has 5 nitrogen and oxygen atoms in total. The first-order chi connectivity index (χ1) is 13.5. The molecule has 2 unspecified atom stereocenters. The van der Waals surface area contributed by atoms with Gasteiger partial charge in [-0.05, 0) is 24.6 Å². The summed E-state index contributed by atoms with van der Waals surface area (Å²) in [6, 6.07) is 12.6. The van der Waals surface area contributed by atoms with E-state index in [9.17, 15) is 9.90 Å². The van der Waals surface area contributed by atoms with E-state index in [2.05, 4.69) is 4.90 Å². The number of aldehydes is 1. The monoisotopic (exact) mass is 423 g/mol. The Morgan fingerprint density at radius 2 is 2.04 bits per heavy atom. The fraction of sp³-hybridized carbons (Fsp3) is 0.381. The standard InChI is InChI=1S/C21H23Cl2NO4/c22-19-6-5-17(11-20(19)23)28-18-7-9-24(13-18)12-16(26)14-27-21-4-2-1-3-15(21)8-10-25/h1-6,10-11,16,18,26H,7-9,12-14H2. The Kier molecular flexibility index (Phi) is 7.57. The quantitative estimate of drug-likeness (QED) is 0.624. The van der Waals surface area contributed by atoms with Crippen molar-refractivity contribution >= 4 is 29.5 Å². The van der Waals surface area contributed by atoms with E-state index in [1.807, 2.05) is 24.3 Å². The van der Waals surface area contributed by atoms with E-state index < -0.39 is 6.10 Å². The van der Waals surface area contributed by atoms with Crippen LogP contribution in [0.3, 0.4) is 0 Å². The number of carbonyl (C=O) groups excluding carboxylic acids is 1. The maximum Gasteiger partial charge on any atom is 0.124 e. The molecule has 0 aliphatic carbocycles. The molecule has 0 amide bonds. The number of β-amino-alcohol motifs (C(OH)–C–C–N with tert-alkyl or cyclic N) is 1. The van der Waals surface area contributed by atoms with Gasteiger partial charge < -0.3 is 19.4 Å². The Balaban J connectivity index is 1.44. The van der Waals surface area contributed by atoms with Crippen molar-refractivity contribution in [1.29, 1.82) is 0 Å². The highest BCUT2D eigenvalue weighted by Gasteiger charge is 2.26. The summed E-state index contributed by atoms with van der Waals surface area (Å²) in [5.74, 6) is 1.33. The molecule has 7 heteroatoms. The second-order valence-electron chi connectivity index (χ2n) is 6.81. The Morgan fingerprint density at radius 3 is 2.82 bits per heavy atom. The SMILES string of the molecule is O=CCc1ccccc1OCC(O)CN1CCC(Oc2ccc(Cl)c(Cl)c2)C1. The zero-order chi connectivity index (χ0) is 19.9. The van der Waals surface area contributed by atoms with E-state index in [1.54, 1.807) is 18.2 Å². The number of benzene rings is 2. The molecule has 2 aromatic carbocycles. The fourth-order valence-electron chi connectivity index (χ4n) is 3.24. The van der Waals surface area contributed by atoms with Crippen LogP contribution in [-0.4, -0.2) is 54.7 Å². The summed E-state index contributed by atoms with van der Waals surface area (Å²) in [6.07, 6.45) is 1.42. The van der Waals surface area contributed by atoms with Crippen LogP contribution in [0.15, 0.2) is 42.5 Å². The number of halogens is 2. The van der Waals surface area contributed by atoms with E-state index in [-0.39, 0.29) is 12.7 Å². The summed E-state index contributed by atoms with van der Waals surface area (Å²) >= 11 is 12.0. The van der Waals surface area contributed by atoms with Crippen LogP contribution in [0.4, 0.5) is 0 Å². The third-order valence-corrected chi connectivity index (χ3v) is 5.34. The minimum absolute atomic E-state index is 0.0404. The van der Waals surface area contributed by atoms with Crippen molar-refractivity contribution in [3.63, 3.8) is 0 Å². The highest BCUT2D eigenvalue weighted by atomic mass is 35.5. The Labute approximate surface area is 174 Å². The molecule has 1 aliphatic rings. The molecule has 2 aromatic rings. The van der Waals surface area contributed by atoms with Crippen molar-refractivity contribution < 1.29 is 19.4 Å². The summed E-state index contributed by atoms with van der Waals surface area (Å²) in [5.41, 5.74) is 0.820. The zero-order valence-electron chi connectivity index (χ0n) is 15.4. The van der Waals surface area contributed by atoms with Gasteiger partial charge in [-0.1, -0.05) is 41.4 Å². The lowest BCUT2D eigenvalue weighted by molar-refractivity contribution is -0.107. The summed E-state index contributed by atoms with van der Waals surface area (Å²) in [4.78, 5) is 12.9. The molecule has 1 heterocycles. The number of likely N-dealkylation sites (tertiary alicyclic amines) is 1. The Hall–Kier alpha value is -1.79. The third kappa shape index (κ3) is 5.85. The van der Waals surface area contributed by atoms with E-state index in [4.69, 9.17) is 32.7 Å². The van der Waals surface area contributed by atoms with Crippen LogP contribution in [0, 0.1) is 0 Å².